The standard InChI is InChI=1S/C48H35ClN6O6/c49-36-25-41(54-47(60)34-21-37(50-43(56)30-13-5-1-6-14-30)27-38(22-34)51-44(57)31-15-7-2-8-16-31)29-42(26-36)55-48(61)35-23-39(52-45(58)32-17-9-3-10-18-32)28-40(24-35)53-46(59)33-19-11-4-12-20-33/h1-29H,(H,50,56)(H,51,57)(H,52,58)(H,53,59)(H,54,60)(H,55,61). The summed E-state index contributed by atoms with van der Waals surface area (Å²) < 4.78 is 0. The van der Waals surface area contributed by atoms with E-state index in [-0.39, 0.29) is 50.3 Å². The van der Waals surface area contributed by atoms with Gasteiger partial charge in [-0.15, -0.1) is 0 Å². The minimum Gasteiger partial charge on any atom is -0.322 e. The van der Waals surface area contributed by atoms with E-state index in [9.17, 15) is 28.8 Å². The Morgan fingerprint density at radius 3 is 0.689 bits per heavy atom. The van der Waals surface area contributed by atoms with Crippen molar-refractivity contribution < 1.29 is 28.8 Å². The van der Waals surface area contributed by atoms with Crippen LogP contribution in [-0.2, 0) is 0 Å². The molecule has 0 aliphatic heterocycles. The van der Waals surface area contributed by atoms with E-state index in [4.69, 9.17) is 11.6 Å². The molecule has 61 heavy (non-hydrogen) atoms. The molecule has 0 aliphatic rings. The second-order valence-electron chi connectivity index (χ2n) is 13.5. The highest BCUT2D eigenvalue weighted by Gasteiger charge is 2.18. The Balaban J connectivity index is 1.12. The van der Waals surface area contributed by atoms with E-state index >= 15 is 0 Å². The first-order valence-electron chi connectivity index (χ1n) is 18.8. The van der Waals surface area contributed by atoms with Crippen LogP contribution in [0.2, 0.25) is 5.02 Å². The first kappa shape index (κ1) is 40.8. The normalized spacial score (nSPS) is 10.4. The van der Waals surface area contributed by atoms with Gasteiger partial charge in [-0.2, -0.15) is 0 Å². The summed E-state index contributed by atoms with van der Waals surface area (Å²) in [5, 5.41) is 16.9. The topological polar surface area (TPSA) is 175 Å². The summed E-state index contributed by atoms with van der Waals surface area (Å²) in [7, 11) is 0. The van der Waals surface area contributed by atoms with Crippen LogP contribution in [0.15, 0.2) is 176 Å². The van der Waals surface area contributed by atoms with Crippen molar-refractivity contribution in [3.8, 4) is 0 Å². The van der Waals surface area contributed by atoms with Crippen LogP contribution in [0.25, 0.3) is 0 Å². The molecule has 300 valence electrons. The molecular formula is C48H35ClN6O6. The second-order valence-corrected chi connectivity index (χ2v) is 14.0. The number of nitrogens with one attached hydrogen (secondary N) is 6. The predicted octanol–water partition coefficient (Wildman–Crippen LogP) is 9.85. The number of carbonyl (C=O) groups is 6. The number of hydrogen-bond acceptors (Lipinski definition) is 6. The monoisotopic (exact) mass is 826 g/mol. The molecule has 0 saturated heterocycles. The maximum Gasteiger partial charge on any atom is 0.255 e. The van der Waals surface area contributed by atoms with Crippen LogP contribution in [0.1, 0.15) is 62.1 Å². The van der Waals surface area contributed by atoms with Crippen LogP contribution in [-0.4, -0.2) is 35.4 Å². The van der Waals surface area contributed by atoms with Gasteiger partial charge in [0.15, 0.2) is 0 Å². The average molecular weight is 827 g/mol. The Hall–Kier alpha value is -8.35. The smallest absolute Gasteiger partial charge is 0.255 e. The number of hydrogen-bond donors (Lipinski definition) is 6. The van der Waals surface area contributed by atoms with Gasteiger partial charge < -0.3 is 31.9 Å². The number of amides is 6. The maximum atomic E-state index is 13.8. The molecule has 6 amide bonds. The van der Waals surface area contributed by atoms with E-state index in [0.29, 0.717) is 22.3 Å². The van der Waals surface area contributed by atoms with E-state index in [1.165, 1.54) is 54.6 Å². The van der Waals surface area contributed by atoms with Crippen molar-refractivity contribution in [2.75, 3.05) is 31.9 Å². The number of benzene rings is 7. The minimum atomic E-state index is -0.619. The van der Waals surface area contributed by atoms with Crippen molar-refractivity contribution in [1.82, 2.24) is 0 Å². The molecule has 0 radical (unpaired) electrons. The largest absolute Gasteiger partial charge is 0.322 e. The van der Waals surface area contributed by atoms with Gasteiger partial charge in [0, 0.05) is 72.5 Å². The van der Waals surface area contributed by atoms with Gasteiger partial charge in [0.25, 0.3) is 35.4 Å². The highest BCUT2D eigenvalue weighted by molar-refractivity contribution is 6.31. The first-order valence-corrected chi connectivity index (χ1v) is 19.1. The molecule has 0 bridgehead atoms. The van der Waals surface area contributed by atoms with E-state index in [1.807, 2.05) is 0 Å². The van der Waals surface area contributed by atoms with Crippen molar-refractivity contribution in [3.05, 3.63) is 214 Å². The molecule has 0 saturated carbocycles. The zero-order chi connectivity index (χ0) is 42.7. The molecule has 0 fully saturated rings. The molecule has 7 aromatic carbocycles. The van der Waals surface area contributed by atoms with Crippen LogP contribution in [0, 0.1) is 0 Å². The van der Waals surface area contributed by atoms with Crippen LogP contribution >= 0.6 is 11.6 Å². The van der Waals surface area contributed by atoms with Gasteiger partial charge in [0.1, 0.15) is 0 Å². The molecule has 7 aromatic rings. The fourth-order valence-corrected chi connectivity index (χ4v) is 6.35. The van der Waals surface area contributed by atoms with Gasteiger partial charge in [-0.05, 0) is 103 Å². The molecule has 0 aliphatic carbocycles. The molecule has 7 rings (SSSR count). The van der Waals surface area contributed by atoms with Gasteiger partial charge >= 0.3 is 0 Å². The lowest BCUT2D eigenvalue weighted by molar-refractivity contribution is 0.101. The summed E-state index contributed by atoms with van der Waals surface area (Å²) in [5.74, 6) is -2.95. The van der Waals surface area contributed by atoms with E-state index in [2.05, 4.69) is 31.9 Å². The average Bonchev–Trinajstić information content (AvgIpc) is 3.27. The molecule has 6 N–H and O–H groups in total. The van der Waals surface area contributed by atoms with Crippen molar-refractivity contribution in [1.29, 1.82) is 0 Å². The summed E-state index contributed by atoms with van der Waals surface area (Å²) in [6.07, 6.45) is 0. The molecular weight excluding hydrogens is 792 g/mol. The van der Waals surface area contributed by atoms with E-state index in [0.717, 1.165) is 0 Å². The number of halogens is 1. The SMILES string of the molecule is O=C(Nc1cc(NC(=O)c2ccccc2)cc(C(=O)Nc2cc(Cl)cc(NC(=O)c3cc(NC(=O)c4ccccc4)cc(NC(=O)c4ccccc4)c3)c2)c1)c1ccccc1. The third-order valence-corrected chi connectivity index (χ3v) is 9.20. The summed E-state index contributed by atoms with van der Waals surface area (Å²) in [5.41, 5.74) is 3.09. The summed E-state index contributed by atoms with van der Waals surface area (Å²) in [6.45, 7) is 0. The van der Waals surface area contributed by atoms with Crippen LogP contribution in [0.4, 0.5) is 34.1 Å². The van der Waals surface area contributed by atoms with Crippen molar-refractivity contribution in [2.45, 2.75) is 0 Å². The fourth-order valence-electron chi connectivity index (χ4n) is 6.12. The van der Waals surface area contributed by atoms with Gasteiger partial charge in [-0.1, -0.05) is 84.4 Å². The number of carbonyl (C=O) groups excluding carboxylic acids is 6. The van der Waals surface area contributed by atoms with E-state index in [1.54, 1.807) is 121 Å². The van der Waals surface area contributed by atoms with Gasteiger partial charge in [0.05, 0.1) is 0 Å². The first-order chi connectivity index (χ1) is 29.6. The second kappa shape index (κ2) is 18.9. The predicted molar refractivity (Wildman–Crippen MR) is 238 cm³/mol. The van der Waals surface area contributed by atoms with Gasteiger partial charge in [-0.3, -0.25) is 28.8 Å². The number of anilines is 6. The van der Waals surface area contributed by atoms with Crippen LogP contribution in [0.3, 0.4) is 0 Å². The van der Waals surface area contributed by atoms with E-state index < -0.39 is 35.4 Å². The fraction of sp³-hybridized carbons (Fsp3) is 0. The highest BCUT2D eigenvalue weighted by Crippen LogP contribution is 2.27. The zero-order valence-corrected chi connectivity index (χ0v) is 32.8. The maximum absolute atomic E-state index is 13.8. The lowest BCUT2D eigenvalue weighted by Crippen LogP contribution is -2.18. The van der Waals surface area contributed by atoms with Gasteiger partial charge in [-0.25, -0.2) is 0 Å². The van der Waals surface area contributed by atoms with Gasteiger partial charge in [0.2, 0.25) is 0 Å². The Bertz CT molecular complexity index is 2440. The third kappa shape index (κ3) is 11.0. The molecule has 0 aromatic heterocycles. The molecule has 12 nitrogen and oxygen atoms in total. The Labute approximate surface area is 355 Å². The van der Waals surface area contributed by atoms with Crippen molar-refractivity contribution in [2.24, 2.45) is 0 Å². The minimum absolute atomic E-state index is 0.0826. The van der Waals surface area contributed by atoms with Crippen molar-refractivity contribution >= 4 is 81.2 Å². The summed E-state index contributed by atoms with van der Waals surface area (Å²) in [4.78, 5) is 79.9. The number of rotatable bonds is 12. The Morgan fingerprint density at radius 2 is 0.459 bits per heavy atom. The third-order valence-electron chi connectivity index (χ3n) is 8.98. The molecule has 0 atom stereocenters. The highest BCUT2D eigenvalue weighted by atomic mass is 35.5. The lowest BCUT2D eigenvalue weighted by Gasteiger charge is -2.14. The summed E-state index contributed by atoms with van der Waals surface area (Å²) >= 11 is 6.48. The van der Waals surface area contributed by atoms with Crippen LogP contribution in [0.5, 0.6) is 0 Å². The molecule has 0 spiro atoms. The zero-order valence-electron chi connectivity index (χ0n) is 32.1. The van der Waals surface area contributed by atoms with Crippen molar-refractivity contribution in [3.63, 3.8) is 0 Å². The molecule has 0 heterocycles. The Kier molecular flexibility index (Phi) is 12.7. The summed E-state index contributed by atoms with van der Waals surface area (Å²) in [6, 6.07) is 47.4. The quantitative estimate of drug-likeness (QED) is 0.0715. The lowest BCUT2D eigenvalue weighted by atomic mass is 10.1. The molecule has 0 unspecified atom stereocenters. The molecule has 13 heteroatoms. The Morgan fingerprint density at radius 1 is 0.262 bits per heavy atom. The van der Waals surface area contributed by atoms with Crippen LogP contribution < -0.4 is 31.9 Å².